The molecule has 1 saturated heterocycles. The van der Waals surface area contributed by atoms with Gasteiger partial charge in [0.1, 0.15) is 11.9 Å². The molecule has 2 nitrogen and oxygen atoms in total. The highest BCUT2D eigenvalue weighted by atomic mass is 35.5. The van der Waals surface area contributed by atoms with Crippen molar-refractivity contribution in [3.05, 3.63) is 65.2 Å². The molecule has 0 radical (unpaired) electrons. The number of likely N-dealkylation sites (tertiary alicyclic amines) is 1. The topological polar surface area (TPSA) is 12.5 Å². The first-order valence-corrected chi connectivity index (χ1v) is 7.76. The van der Waals surface area contributed by atoms with Gasteiger partial charge in [0.25, 0.3) is 0 Å². The molecule has 0 unspecified atom stereocenters. The molecule has 2 atom stereocenters. The van der Waals surface area contributed by atoms with Crippen molar-refractivity contribution in [3.8, 4) is 5.75 Å². The fraction of sp³-hybridized carbons (Fsp3) is 0.333. The summed E-state index contributed by atoms with van der Waals surface area (Å²) >= 11 is 6.05. The van der Waals surface area contributed by atoms with Gasteiger partial charge in [0.2, 0.25) is 0 Å². The third-order valence-electron chi connectivity index (χ3n) is 4.06. The number of benzene rings is 2. The van der Waals surface area contributed by atoms with Crippen molar-refractivity contribution in [2.75, 3.05) is 20.1 Å². The molecule has 3 heteroatoms. The first-order chi connectivity index (χ1) is 10.2. The molecular weight excluding hydrogens is 282 g/mol. The van der Waals surface area contributed by atoms with Crippen molar-refractivity contribution in [1.82, 2.24) is 4.90 Å². The van der Waals surface area contributed by atoms with Crippen LogP contribution < -0.4 is 4.74 Å². The van der Waals surface area contributed by atoms with E-state index in [2.05, 4.69) is 42.3 Å². The van der Waals surface area contributed by atoms with Gasteiger partial charge in [0.05, 0.1) is 0 Å². The Hall–Kier alpha value is -1.51. The predicted molar refractivity (Wildman–Crippen MR) is 87.2 cm³/mol. The molecule has 3 rings (SSSR count). The summed E-state index contributed by atoms with van der Waals surface area (Å²) in [6, 6.07) is 18.3. The van der Waals surface area contributed by atoms with Gasteiger partial charge in [0.15, 0.2) is 0 Å². The molecule has 21 heavy (non-hydrogen) atoms. The normalized spacial score (nSPS) is 23.0. The number of halogens is 1. The van der Waals surface area contributed by atoms with E-state index in [0.717, 1.165) is 30.3 Å². The van der Waals surface area contributed by atoms with Crippen molar-refractivity contribution in [3.63, 3.8) is 0 Å². The molecule has 0 amide bonds. The molecule has 110 valence electrons. The molecule has 0 bridgehead atoms. The molecule has 2 aromatic rings. The van der Waals surface area contributed by atoms with Crippen LogP contribution >= 0.6 is 11.6 Å². The quantitative estimate of drug-likeness (QED) is 0.842. The lowest BCUT2D eigenvalue weighted by atomic mass is 9.88. The van der Waals surface area contributed by atoms with E-state index in [1.807, 2.05) is 24.3 Å². The van der Waals surface area contributed by atoms with Gasteiger partial charge in [-0.2, -0.15) is 0 Å². The second kappa shape index (κ2) is 6.50. The average molecular weight is 302 g/mol. The first-order valence-electron chi connectivity index (χ1n) is 7.38. The average Bonchev–Trinajstić information content (AvgIpc) is 2.50. The SMILES string of the molecule is CN1CC[C@@H](Oc2cccc(Cl)c2)[C@H](c2ccccc2)C1. The Morgan fingerprint density at radius 3 is 2.67 bits per heavy atom. The van der Waals surface area contributed by atoms with Crippen molar-refractivity contribution in [2.24, 2.45) is 0 Å². The van der Waals surface area contributed by atoms with E-state index >= 15 is 0 Å². The minimum Gasteiger partial charge on any atom is -0.490 e. The van der Waals surface area contributed by atoms with Gasteiger partial charge >= 0.3 is 0 Å². The van der Waals surface area contributed by atoms with Crippen LogP contribution in [0.15, 0.2) is 54.6 Å². The summed E-state index contributed by atoms with van der Waals surface area (Å²) in [7, 11) is 2.17. The predicted octanol–water partition coefficient (Wildman–Crippen LogP) is 4.21. The Labute approximate surface area is 131 Å². The van der Waals surface area contributed by atoms with Crippen LogP contribution in [-0.4, -0.2) is 31.1 Å². The Balaban J connectivity index is 1.81. The lowest BCUT2D eigenvalue weighted by Crippen LogP contribution is -2.42. The summed E-state index contributed by atoms with van der Waals surface area (Å²) in [6.45, 7) is 2.09. The summed E-state index contributed by atoms with van der Waals surface area (Å²) in [5.41, 5.74) is 1.34. The molecule has 0 saturated carbocycles. The Bertz CT molecular complexity index is 587. The zero-order chi connectivity index (χ0) is 14.7. The number of ether oxygens (including phenoxy) is 1. The highest BCUT2D eigenvalue weighted by Crippen LogP contribution is 2.31. The fourth-order valence-electron chi connectivity index (χ4n) is 2.97. The minimum absolute atomic E-state index is 0.196. The van der Waals surface area contributed by atoms with E-state index in [1.165, 1.54) is 5.56 Å². The summed E-state index contributed by atoms with van der Waals surface area (Å²) in [4.78, 5) is 2.37. The second-order valence-electron chi connectivity index (χ2n) is 5.68. The van der Waals surface area contributed by atoms with Crippen LogP contribution in [0.2, 0.25) is 5.02 Å². The highest BCUT2D eigenvalue weighted by Gasteiger charge is 2.30. The van der Waals surface area contributed by atoms with E-state index in [9.17, 15) is 0 Å². The van der Waals surface area contributed by atoms with Gasteiger partial charge in [-0.15, -0.1) is 0 Å². The third kappa shape index (κ3) is 3.58. The standard InChI is InChI=1S/C18H20ClNO/c1-20-11-10-18(21-16-9-5-8-15(19)12-16)17(13-20)14-6-3-2-4-7-14/h2-9,12,17-18H,10-11,13H2,1H3/t17-,18+/m0/s1. The number of rotatable bonds is 3. The molecule has 1 heterocycles. The number of nitrogens with zero attached hydrogens (tertiary/aromatic N) is 1. The lowest BCUT2D eigenvalue weighted by molar-refractivity contribution is 0.0902. The van der Waals surface area contributed by atoms with Crippen LogP contribution in [-0.2, 0) is 0 Å². The van der Waals surface area contributed by atoms with Crippen LogP contribution in [0.1, 0.15) is 17.9 Å². The molecule has 0 aliphatic carbocycles. The highest BCUT2D eigenvalue weighted by molar-refractivity contribution is 6.30. The van der Waals surface area contributed by atoms with Crippen molar-refractivity contribution >= 4 is 11.6 Å². The van der Waals surface area contributed by atoms with Gasteiger partial charge in [-0.1, -0.05) is 48.0 Å². The molecule has 1 aliphatic rings. The minimum atomic E-state index is 0.196. The molecule has 0 spiro atoms. The van der Waals surface area contributed by atoms with Gasteiger partial charge in [-0.05, 0) is 37.2 Å². The van der Waals surface area contributed by atoms with Crippen LogP contribution in [0.4, 0.5) is 0 Å². The molecule has 0 N–H and O–H groups in total. The molecule has 1 aliphatic heterocycles. The molecule has 1 fully saturated rings. The third-order valence-corrected chi connectivity index (χ3v) is 4.30. The van der Waals surface area contributed by atoms with E-state index < -0.39 is 0 Å². The monoisotopic (exact) mass is 301 g/mol. The van der Waals surface area contributed by atoms with Crippen LogP contribution in [0.25, 0.3) is 0 Å². The number of hydrogen-bond acceptors (Lipinski definition) is 2. The lowest BCUT2D eigenvalue weighted by Gasteiger charge is -2.37. The number of likely N-dealkylation sites (N-methyl/N-ethyl adjacent to an activating group) is 1. The van der Waals surface area contributed by atoms with Crippen molar-refractivity contribution in [1.29, 1.82) is 0 Å². The maximum atomic E-state index is 6.24. The zero-order valence-corrected chi connectivity index (χ0v) is 13.0. The summed E-state index contributed by atoms with van der Waals surface area (Å²) in [6.07, 6.45) is 1.23. The largest absolute Gasteiger partial charge is 0.490 e. The first kappa shape index (κ1) is 14.4. The van der Waals surface area contributed by atoms with E-state index in [-0.39, 0.29) is 6.10 Å². The van der Waals surface area contributed by atoms with Gasteiger partial charge in [-0.3, -0.25) is 0 Å². The van der Waals surface area contributed by atoms with Crippen LogP contribution in [0, 0.1) is 0 Å². The van der Waals surface area contributed by atoms with Gasteiger partial charge in [0, 0.05) is 24.0 Å². The van der Waals surface area contributed by atoms with E-state index in [4.69, 9.17) is 16.3 Å². The van der Waals surface area contributed by atoms with E-state index in [0.29, 0.717) is 5.92 Å². The Morgan fingerprint density at radius 2 is 1.90 bits per heavy atom. The number of hydrogen-bond donors (Lipinski definition) is 0. The fourth-order valence-corrected chi connectivity index (χ4v) is 3.15. The van der Waals surface area contributed by atoms with Crippen LogP contribution in [0.5, 0.6) is 5.75 Å². The zero-order valence-electron chi connectivity index (χ0n) is 12.2. The van der Waals surface area contributed by atoms with Crippen molar-refractivity contribution < 1.29 is 4.74 Å². The Morgan fingerprint density at radius 1 is 1.10 bits per heavy atom. The maximum Gasteiger partial charge on any atom is 0.121 e. The summed E-state index contributed by atoms with van der Waals surface area (Å²) in [5.74, 6) is 1.25. The summed E-state index contributed by atoms with van der Waals surface area (Å²) < 4.78 is 6.24. The second-order valence-corrected chi connectivity index (χ2v) is 6.12. The van der Waals surface area contributed by atoms with Gasteiger partial charge < -0.3 is 9.64 Å². The maximum absolute atomic E-state index is 6.24. The smallest absolute Gasteiger partial charge is 0.121 e. The molecular formula is C18H20ClNO. The van der Waals surface area contributed by atoms with Crippen LogP contribution in [0.3, 0.4) is 0 Å². The van der Waals surface area contributed by atoms with Gasteiger partial charge in [-0.25, -0.2) is 0 Å². The molecule has 2 aromatic carbocycles. The van der Waals surface area contributed by atoms with E-state index in [1.54, 1.807) is 0 Å². The summed E-state index contributed by atoms with van der Waals surface area (Å²) in [5, 5.41) is 0.719. The number of piperidine rings is 1. The molecule has 0 aromatic heterocycles. The van der Waals surface area contributed by atoms with Crippen molar-refractivity contribution in [2.45, 2.75) is 18.4 Å². The Kier molecular flexibility index (Phi) is 4.47.